The highest BCUT2D eigenvalue weighted by molar-refractivity contribution is 7.99. The zero-order chi connectivity index (χ0) is 18.1. The van der Waals surface area contributed by atoms with E-state index in [9.17, 15) is 4.79 Å². The van der Waals surface area contributed by atoms with Crippen LogP contribution in [-0.4, -0.2) is 24.0 Å². The number of amides is 1. The Labute approximate surface area is 168 Å². The Morgan fingerprint density at radius 1 is 1.00 bits per heavy atom. The maximum Gasteiger partial charge on any atom is 0.230 e. The summed E-state index contributed by atoms with van der Waals surface area (Å²) in [6, 6.07) is 13.8. The Balaban J connectivity index is 1.59. The number of rotatable bonds is 9. The molecule has 0 fully saturated rings. The van der Waals surface area contributed by atoms with E-state index in [1.165, 1.54) is 11.1 Å². The van der Waals surface area contributed by atoms with Gasteiger partial charge in [-0.05, 0) is 35.7 Å². The van der Waals surface area contributed by atoms with Gasteiger partial charge in [0, 0.05) is 33.8 Å². The fourth-order valence-electron chi connectivity index (χ4n) is 2.18. The van der Waals surface area contributed by atoms with Gasteiger partial charge in [-0.1, -0.05) is 53.5 Å². The molecule has 1 amide bonds. The van der Waals surface area contributed by atoms with Crippen molar-refractivity contribution in [1.82, 2.24) is 5.32 Å². The summed E-state index contributed by atoms with van der Waals surface area (Å²) >= 11 is 15.6. The second kappa shape index (κ2) is 11.0. The smallest absolute Gasteiger partial charge is 0.230 e. The van der Waals surface area contributed by atoms with E-state index in [0.717, 1.165) is 22.8 Å². The van der Waals surface area contributed by atoms with Gasteiger partial charge in [0.1, 0.15) is 0 Å². The lowest BCUT2D eigenvalue weighted by atomic mass is 10.1. The fourth-order valence-corrected chi connectivity index (χ4v) is 4.71. The first-order valence-corrected chi connectivity index (χ1v) is 11.0. The number of hydrogen-bond acceptors (Lipinski definition) is 3. The van der Waals surface area contributed by atoms with Crippen molar-refractivity contribution in [2.75, 3.05) is 18.1 Å². The minimum absolute atomic E-state index is 0.0787. The van der Waals surface area contributed by atoms with E-state index in [4.69, 9.17) is 23.2 Å². The van der Waals surface area contributed by atoms with E-state index >= 15 is 0 Å². The second-order valence-corrected chi connectivity index (χ2v) is 8.43. The van der Waals surface area contributed by atoms with E-state index in [1.807, 2.05) is 30.3 Å². The van der Waals surface area contributed by atoms with Crippen LogP contribution < -0.4 is 5.32 Å². The average Bonchev–Trinajstić information content (AvgIpc) is 2.58. The summed E-state index contributed by atoms with van der Waals surface area (Å²) in [6.45, 7) is 2.74. The van der Waals surface area contributed by atoms with E-state index < -0.39 is 0 Å². The van der Waals surface area contributed by atoms with Crippen LogP contribution in [0.5, 0.6) is 0 Å². The molecule has 2 aromatic rings. The van der Waals surface area contributed by atoms with Crippen LogP contribution in [0, 0.1) is 6.92 Å². The molecule has 0 heterocycles. The number of carbonyl (C=O) groups excluding carboxylic acids is 1. The molecule has 2 rings (SSSR count). The lowest BCUT2D eigenvalue weighted by molar-refractivity contribution is -0.118. The molecule has 0 unspecified atom stereocenters. The molecule has 0 aliphatic carbocycles. The number of nitrogens with one attached hydrogen (secondary N) is 1. The normalized spacial score (nSPS) is 10.7. The second-order valence-electron chi connectivity index (χ2n) is 5.52. The number of benzene rings is 2. The summed E-state index contributed by atoms with van der Waals surface area (Å²) in [5.74, 6) is 3.00. The summed E-state index contributed by atoms with van der Waals surface area (Å²) in [6.07, 6.45) is 0. The first-order valence-electron chi connectivity index (χ1n) is 7.97. The monoisotopic (exact) mass is 413 g/mol. The summed E-state index contributed by atoms with van der Waals surface area (Å²) in [5, 5.41) is 4.34. The topological polar surface area (TPSA) is 29.1 Å². The number of hydrogen-bond donors (Lipinski definition) is 1. The first-order chi connectivity index (χ1) is 12.1. The van der Waals surface area contributed by atoms with Crippen molar-refractivity contribution in [3.05, 3.63) is 69.2 Å². The Morgan fingerprint density at radius 2 is 1.72 bits per heavy atom. The van der Waals surface area contributed by atoms with Gasteiger partial charge in [-0.25, -0.2) is 0 Å². The van der Waals surface area contributed by atoms with E-state index in [1.54, 1.807) is 23.5 Å². The Bertz CT molecular complexity index is 689. The predicted molar refractivity (Wildman–Crippen MR) is 113 cm³/mol. The summed E-state index contributed by atoms with van der Waals surface area (Å²) in [7, 11) is 0. The van der Waals surface area contributed by atoms with Crippen LogP contribution in [-0.2, 0) is 16.3 Å². The van der Waals surface area contributed by atoms with Crippen LogP contribution >= 0.6 is 46.7 Å². The number of halogens is 2. The van der Waals surface area contributed by atoms with E-state index in [2.05, 4.69) is 24.4 Å². The van der Waals surface area contributed by atoms with Crippen LogP contribution in [0.3, 0.4) is 0 Å². The van der Waals surface area contributed by atoms with Crippen LogP contribution in [0.2, 0.25) is 10.0 Å². The predicted octanol–water partition coefficient (Wildman–Crippen LogP) is 5.58. The highest BCUT2D eigenvalue weighted by Gasteiger charge is 2.06. The molecule has 1 N–H and O–H groups in total. The number of carbonyl (C=O) groups is 1. The van der Waals surface area contributed by atoms with Gasteiger partial charge in [-0.15, -0.1) is 11.8 Å². The van der Waals surface area contributed by atoms with Gasteiger partial charge in [0.25, 0.3) is 0 Å². The van der Waals surface area contributed by atoms with Crippen molar-refractivity contribution in [2.24, 2.45) is 0 Å². The number of thioether (sulfide) groups is 2. The molecule has 0 radical (unpaired) electrons. The van der Waals surface area contributed by atoms with Crippen molar-refractivity contribution in [1.29, 1.82) is 0 Å². The lowest BCUT2D eigenvalue weighted by Crippen LogP contribution is -2.27. The molecule has 0 bridgehead atoms. The maximum atomic E-state index is 11.9. The molecule has 0 spiro atoms. The molecule has 0 saturated carbocycles. The molecule has 134 valence electrons. The highest BCUT2D eigenvalue weighted by atomic mass is 35.5. The third kappa shape index (κ3) is 7.14. The standard InChI is InChI=1S/C19H21Cl2NOS2/c1-14-5-2-3-6-15(14)11-25-13-19(23)22-9-10-24-12-16-17(20)7-4-8-18(16)21/h2-8H,9-13H2,1H3,(H,22,23). The van der Waals surface area contributed by atoms with Crippen molar-refractivity contribution in [2.45, 2.75) is 18.4 Å². The third-order valence-corrected chi connectivity index (χ3v) is 6.30. The van der Waals surface area contributed by atoms with Crippen molar-refractivity contribution < 1.29 is 4.79 Å². The lowest BCUT2D eigenvalue weighted by Gasteiger charge is -2.08. The largest absolute Gasteiger partial charge is 0.355 e. The van der Waals surface area contributed by atoms with Gasteiger partial charge in [-0.3, -0.25) is 4.79 Å². The molecule has 0 aliphatic rings. The maximum absolute atomic E-state index is 11.9. The van der Waals surface area contributed by atoms with Crippen LogP contribution in [0.4, 0.5) is 0 Å². The van der Waals surface area contributed by atoms with E-state index in [-0.39, 0.29) is 5.91 Å². The Hall–Kier alpha value is -0.810. The Morgan fingerprint density at radius 3 is 2.44 bits per heavy atom. The molecule has 0 aliphatic heterocycles. The van der Waals surface area contributed by atoms with Gasteiger partial charge < -0.3 is 5.32 Å². The van der Waals surface area contributed by atoms with Crippen molar-refractivity contribution in [3.8, 4) is 0 Å². The highest BCUT2D eigenvalue weighted by Crippen LogP contribution is 2.27. The Kier molecular flexibility index (Phi) is 9.04. The summed E-state index contributed by atoms with van der Waals surface area (Å²) in [4.78, 5) is 11.9. The van der Waals surface area contributed by atoms with Crippen LogP contribution in [0.1, 0.15) is 16.7 Å². The van der Waals surface area contributed by atoms with Gasteiger partial charge >= 0.3 is 0 Å². The summed E-state index contributed by atoms with van der Waals surface area (Å²) in [5.41, 5.74) is 3.51. The van der Waals surface area contributed by atoms with Crippen LogP contribution in [0.25, 0.3) is 0 Å². The molecule has 0 aromatic heterocycles. The van der Waals surface area contributed by atoms with Crippen LogP contribution in [0.15, 0.2) is 42.5 Å². The zero-order valence-electron chi connectivity index (χ0n) is 14.1. The van der Waals surface area contributed by atoms with E-state index in [0.29, 0.717) is 22.3 Å². The molecule has 0 atom stereocenters. The molecule has 6 heteroatoms. The van der Waals surface area contributed by atoms with Crippen molar-refractivity contribution >= 4 is 52.6 Å². The van der Waals surface area contributed by atoms with Crippen molar-refractivity contribution in [3.63, 3.8) is 0 Å². The molecule has 0 saturated heterocycles. The zero-order valence-corrected chi connectivity index (χ0v) is 17.2. The average molecular weight is 414 g/mol. The molecular weight excluding hydrogens is 393 g/mol. The summed E-state index contributed by atoms with van der Waals surface area (Å²) < 4.78 is 0. The van der Waals surface area contributed by atoms with Gasteiger partial charge in [-0.2, -0.15) is 11.8 Å². The SMILES string of the molecule is Cc1ccccc1CSCC(=O)NCCSCc1c(Cl)cccc1Cl. The molecule has 25 heavy (non-hydrogen) atoms. The minimum Gasteiger partial charge on any atom is -0.355 e. The molecular formula is C19H21Cl2NOS2. The molecule has 2 aromatic carbocycles. The quantitative estimate of drug-likeness (QED) is 0.543. The minimum atomic E-state index is 0.0787. The van der Waals surface area contributed by atoms with Gasteiger partial charge in [0.05, 0.1) is 5.75 Å². The van der Waals surface area contributed by atoms with Gasteiger partial charge in [0.15, 0.2) is 0 Å². The third-order valence-electron chi connectivity index (χ3n) is 3.63. The number of aryl methyl sites for hydroxylation is 1. The molecule has 2 nitrogen and oxygen atoms in total. The first kappa shape index (κ1) is 20.5. The fraction of sp³-hybridized carbons (Fsp3) is 0.316. The van der Waals surface area contributed by atoms with Gasteiger partial charge in [0.2, 0.25) is 5.91 Å².